The van der Waals surface area contributed by atoms with Gasteiger partial charge in [-0.3, -0.25) is 4.79 Å². The van der Waals surface area contributed by atoms with E-state index in [0.29, 0.717) is 17.6 Å². The van der Waals surface area contributed by atoms with Crippen LogP contribution in [0.2, 0.25) is 0 Å². The largest absolute Gasteiger partial charge is 0.392 e. The van der Waals surface area contributed by atoms with Gasteiger partial charge in [0.15, 0.2) is 5.65 Å². The van der Waals surface area contributed by atoms with Gasteiger partial charge in [0, 0.05) is 38.1 Å². The molecule has 1 saturated heterocycles. The van der Waals surface area contributed by atoms with Gasteiger partial charge < -0.3 is 14.9 Å². The second-order valence-electron chi connectivity index (χ2n) is 9.12. The second kappa shape index (κ2) is 9.96. The molecular formula is C27H31N7O2. The van der Waals surface area contributed by atoms with Crippen LogP contribution in [0.15, 0.2) is 72.4 Å². The van der Waals surface area contributed by atoms with E-state index in [0.717, 1.165) is 48.7 Å². The van der Waals surface area contributed by atoms with Crippen LogP contribution in [-0.2, 0) is 13.2 Å². The van der Waals surface area contributed by atoms with Crippen LogP contribution in [0.1, 0.15) is 11.1 Å². The first-order valence-electron chi connectivity index (χ1n) is 12.1. The molecule has 9 nitrogen and oxygen atoms in total. The SMILES string of the molecule is C=CCn1c(=O)c2cncnc2n1N(c1ccc(CO)cc1)c1ccc(N2CCN(C)CC2)c(C)c1. The van der Waals surface area contributed by atoms with Crippen LogP contribution in [-0.4, -0.2) is 62.7 Å². The molecule has 1 fully saturated rings. The number of aliphatic hydroxyl groups excluding tert-OH is 1. The molecule has 2 aromatic carbocycles. The maximum atomic E-state index is 13.3. The average Bonchev–Trinajstić information content (AvgIpc) is 3.17. The van der Waals surface area contributed by atoms with Crippen molar-refractivity contribution in [2.75, 3.05) is 43.1 Å². The fraction of sp³-hybridized carbons (Fsp3) is 0.296. The lowest BCUT2D eigenvalue weighted by atomic mass is 10.1. The molecule has 1 N–H and O–H groups in total. The number of aryl methyl sites for hydroxylation is 1. The highest BCUT2D eigenvalue weighted by Crippen LogP contribution is 2.32. The van der Waals surface area contributed by atoms with Crippen LogP contribution in [0.25, 0.3) is 11.0 Å². The van der Waals surface area contributed by atoms with Crippen molar-refractivity contribution in [1.29, 1.82) is 0 Å². The van der Waals surface area contributed by atoms with E-state index in [1.807, 2.05) is 29.3 Å². The third-order valence-electron chi connectivity index (χ3n) is 6.70. The van der Waals surface area contributed by atoms with E-state index in [1.54, 1.807) is 21.7 Å². The van der Waals surface area contributed by atoms with Gasteiger partial charge in [0.25, 0.3) is 5.56 Å². The molecule has 0 bridgehead atoms. The number of hydrogen-bond donors (Lipinski definition) is 1. The summed E-state index contributed by atoms with van der Waals surface area (Å²) in [4.78, 5) is 28.4. The quantitative estimate of drug-likeness (QED) is 0.403. The minimum atomic E-state index is -0.187. The van der Waals surface area contributed by atoms with Crippen molar-refractivity contribution in [1.82, 2.24) is 24.3 Å². The summed E-state index contributed by atoms with van der Waals surface area (Å²) in [6.45, 7) is 10.3. The van der Waals surface area contributed by atoms with Crippen molar-refractivity contribution in [2.45, 2.75) is 20.1 Å². The number of piperazine rings is 1. The zero-order chi connectivity index (χ0) is 25.2. The lowest BCUT2D eigenvalue weighted by molar-refractivity contribution is 0.282. The van der Waals surface area contributed by atoms with Gasteiger partial charge in [-0.1, -0.05) is 18.2 Å². The van der Waals surface area contributed by atoms with Crippen molar-refractivity contribution in [3.05, 3.63) is 89.1 Å². The van der Waals surface area contributed by atoms with Gasteiger partial charge in [-0.15, -0.1) is 6.58 Å². The lowest BCUT2D eigenvalue weighted by Crippen LogP contribution is -2.44. The molecule has 0 unspecified atom stereocenters. The number of anilines is 3. The maximum Gasteiger partial charge on any atom is 0.279 e. The highest BCUT2D eigenvalue weighted by atomic mass is 16.3. The van der Waals surface area contributed by atoms with Gasteiger partial charge in [-0.25, -0.2) is 19.7 Å². The number of likely N-dealkylation sites (N-methyl/N-ethyl adjacent to an activating group) is 1. The Morgan fingerprint density at radius 1 is 1.08 bits per heavy atom. The number of aromatic nitrogens is 4. The highest BCUT2D eigenvalue weighted by Gasteiger charge is 2.23. The van der Waals surface area contributed by atoms with Crippen LogP contribution in [0.4, 0.5) is 17.1 Å². The first-order valence-corrected chi connectivity index (χ1v) is 12.1. The molecule has 0 amide bonds. The summed E-state index contributed by atoms with van der Waals surface area (Å²) in [6.07, 6.45) is 4.69. The van der Waals surface area contributed by atoms with E-state index >= 15 is 0 Å². The Labute approximate surface area is 210 Å². The van der Waals surface area contributed by atoms with E-state index in [9.17, 15) is 9.90 Å². The maximum absolute atomic E-state index is 13.3. The third-order valence-corrected chi connectivity index (χ3v) is 6.70. The van der Waals surface area contributed by atoms with Crippen molar-refractivity contribution >= 4 is 28.1 Å². The number of fused-ring (bicyclic) bond motifs is 1. The third kappa shape index (κ3) is 4.27. The average molecular weight is 486 g/mol. The molecule has 0 spiro atoms. The lowest BCUT2D eigenvalue weighted by Gasteiger charge is -2.35. The van der Waals surface area contributed by atoms with Gasteiger partial charge in [0.2, 0.25) is 0 Å². The molecule has 36 heavy (non-hydrogen) atoms. The van der Waals surface area contributed by atoms with E-state index in [-0.39, 0.29) is 12.2 Å². The van der Waals surface area contributed by atoms with E-state index in [4.69, 9.17) is 0 Å². The second-order valence-corrected chi connectivity index (χ2v) is 9.12. The molecule has 5 rings (SSSR count). The molecular weight excluding hydrogens is 454 g/mol. The number of benzene rings is 2. The van der Waals surface area contributed by atoms with E-state index < -0.39 is 0 Å². The Kier molecular flexibility index (Phi) is 6.58. The molecule has 1 aliphatic heterocycles. The summed E-state index contributed by atoms with van der Waals surface area (Å²) in [7, 11) is 2.15. The number of aliphatic hydroxyl groups is 1. The molecule has 4 aromatic rings. The molecule has 3 heterocycles. The summed E-state index contributed by atoms with van der Waals surface area (Å²) >= 11 is 0. The molecule has 0 aliphatic carbocycles. The Hall–Kier alpha value is -3.95. The van der Waals surface area contributed by atoms with E-state index in [2.05, 4.69) is 58.5 Å². The monoisotopic (exact) mass is 485 g/mol. The Morgan fingerprint density at radius 2 is 1.81 bits per heavy atom. The summed E-state index contributed by atoms with van der Waals surface area (Å²) in [6, 6.07) is 14.0. The number of nitrogens with zero attached hydrogens (tertiary/aromatic N) is 7. The highest BCUT2D eigenvalue weighted by molar-refractivity contribution is 5.77. The Morgan fingerprint density at radius 3 is 2.47 bits per heavy atom. The molecule has 0 saturated carbocycles. The van der Waals surface area contributed by atoms with Gasteiger partial charge in [0.05, 0.1) is 24.5 Å². The summed E-state index contributed by atoms with van der Waals surface area (Å²) in [5.41, 5.74) is 5.20. The summed E-state index contributed by atoms with van der Waals surface area (Å²) in [5.74, 6) is 0. The van der Waals surface area contributed by atoms with Crippen molar-refractivity contribution in [3.63, 3.8) is 0 Å². The number of rotatable bonds is 7. The summed E-state index contributed by atoms with van der Waals surface area (Å²) < 4.78 is 1.61. The van der Waals surface area contributed by atoms with Crippen molar-refractivity contribution in [3.8, 4) is 0 Å². The molecule has 186 valence electrons. The van der Waals surface area contributed by atoms with Crippen LogP contribution in [0.5, 0.6) is 0 Å². The van der Waals surface area contributed by atoms with E-state index in [1.165, 1.54) is 12.0 Å². The standard InChI is InChI=1S/C27H31N7O2/c1-4-11-32-27(36)24-17-28-19-29-26(24)34(32)33(22-7-5-21(18-35)6-8-22)23-9-10-25(20(2)16-23)31-14-12-30(3)13-15-31/h4-10,16-17,19,35H,1,11-15,18H2,2-3H3. The number of allylic oxidation sites excluding steroid dienone is 1. The normalized spacial score (nSPS) is 14.4. The van der Waals surface area contributed by atoms with Gasteiger partial charge in [0.1, 0.15) is 11.7 Å². The molecule has 0 radical (unpaired) electrons. The predicted octanol–water partition coefficient (Wildman–Crippen LogP) is 2.93. The predicted molar refractivity (Wildman–Crippen MR) is 143 cm³/mol. The molecule has 1 aliphatic rings. The van der Waals surface area contributed by atoms with Crippen LogP contribution < -0.4 is 15.5 Å². The van der Waals surface area contributed by atoms with Crippen LogP contribution in [0.3, 0.4) is 0 Å². The fourth-order valence-electron chi connectivity index (χ4n) is 4.74. The smallest absolute Gasteiger partial charge is 0.279 e. The minimum Gasteiger partial charge on any atom is -0.392 e. The topological polar surface area (TPSA) is 82.7 Å². The molecule has 9 heteroatoms. The Balaban J connectivity index is 1.68. The first kappa shape index (κ1) is 23.8. The zero-order valence-electron chi connectivity index (χ0n) is 20.7. The number of hydrogen-bond acceptors (Lipinski definition) is 7. The van der Waals surface area contributed by atoms with Gasteiger partial charge >= 0.3 is 0 Å². The van der Waals surface area contributed by atoms with Crippen LogP contribution in [0, 0.1) is 6.92 Å². The van der Waals surface area contributed by atoms with Gasteiger partial charge in [-0.2, -0.15) is 4.79 Å². The zero-order valence-corrected chi connectivity index (χ0v) is 20.7. The molecule has 2 aromatic heterocycles. The minimum absolute atomic E-state index is 0.0417. The first-order chi connectivity index (χ1) is 17.5. The molecule has 0 atom stereocenters. The Bertz CT molecular complexity index is 1430. The van der Waals surface area contributed by atoms with Crippen LogP contribution >= 0.6 is 0 Å². The van der Waals surface area contributed by atoms with Crippen molar-refractivity contribution < 1.29 is 5.11 Å². The van der Waals surface area contributed by atoms with Gasteiger partial charge in [-0.05, 0) is 55.4 Å². The fourth-order valence-corrected chi connectivity index (χ4v) is 4.74. The van der Waals surface area contributed by atoms with Crippen molar-refractivity contribution in [2.24, 2.45) is 0 Å². The summed E-state index contributed by atoms with van der Waals surface area (Å²) in [5, 5.41) is 12.0.